The maximum atomic E-state index is 12.1. The van der Waals surface area contributed by atoms with Crippen molar-refractivity contribution < 1.29 is 9.59 Å². The summed E-state index contributed by atoms with van der Waals surface area (Å²) < 4.78 is 2.19. The summed E-state index contributed by atoms with van der Waals surface area (Å²) in [6.45, 7) is 3.53. The number of aryl methyl sites for hydroxylation is 1. The molecule has 1 aromatic heterocycles. The summed E-state index contributed by atoms with van der Waals surface area (Å²) in [5.74, 6) is 1.11. The third kappa shape index (κ3) is 4.29. The Balaban J connectivity index is 1.13. The van der Waals surface area contributed by atoms with Gasteiger partial charge >= 0.3 is 6.03 Å². The Morgan fingerprint density at radius 2 is 2.18 bits per heavy atom. The fourth-order valence-corrected chi connectivity index (χ4v) is 5.74. The lowest BCUT2D eigenvalue weighted by atomic mass is 10.0. The highest BCUT2D eigenvalue weighted by atomic mass is 32.2. The Bertz CT molecular complexity index is 865. The molecule has 6 nitrogen and oxygen atoms in total. The highest BCUT2D eigenvalue weighted by molar-refractivity contribution is 8.00. The number of carbonyl (C=O) groups excluding carboxylic acids is 2. The zero-order valence-corrected chi connectivity index (χ0v) is 17.1. The Hall–Kier alpha value is -2.15. The quantitative estimate of drug-likeness (QED) is 0.471. The molecule has 0 aliphatic carbocycles. The summed E-state index contributed by atoms with van der Waals surface area (Å²) in [5.41, 5.74) is 2.47. The van der Waals surface area contributed by atoms with Crippen LogP contribution < -0.4 is 16.0 Å². The summed E-state index contributed by atoms with van der Waals surface area (Å²) >= 11 is 1.93. The number of unbranched alkanes of at least 4 members (excludes halogenated alkanes) is 1. The number of nitrogens with zero attached hydrogens (tertiary/aromatic N) is 1. The molecule has 3 heterocycles. The van der Waals surface area contributed by atoms with Crippen LogP contribution >= 0.6 is 11.8 Å². The molecule has 0 spiro atoms. The first-order valence-corrected chi connectivity index (χ1v) is 11.2. The van der Waals surface area contributed by atoms with E-state index in [1.54, 1.807) is 0 Å². The van der Waals surface area contributed by atoms with Crippen LogP contribution in [0.2, 0.25) is 0 Å². The summed E-state index contributed by atoms with van der Waals surface area (Å²) in [6, 6.07) is 9.06. The van der Waals surface area contributed by atoms with Crippen molar-refractivity contribution in [2.24, 2.45) is 0 Å². The van der Waals surface area contributed by atoms with Gasteiger partial charge in [-0.1, -0.05) is 18.1 Å². The van der Waals surface area contributed by atoms with Gasteiger partial charge in [0.2, 0.25) is 5.91 Å². The highest BCUT2D eigenvalue weighted by Gasteiger charge is 2.42. The van der Waals surface area contributed by atoms with Crippen molar-refractivity contribution in [3.8, 4) is 0 Å². The number of rotatable bonds is 8. The van der Waals surface area contributed by atoms with Gasteiger partial charge in [0.1, 0.15) is 0 Å². The minimum absolute atomic E-state index is 0.0368. The lowest BCUT2D eigenvalue weighted by Gasteiger charge is -2.16. The molecule has 3 unspecified atom stereocenters. The molecule has 2 fully saturated rings. The number of hydrogen-bond donors (Lipinski definition) is 3. The Morgan fingerprint density at radius 3 is 3.07 bits per heavy atom. The number of urea groups is 1. The Labute approximate surface area is 169 Å². The van der Waals surface area contributed by atoms with Gasteiger partial charge in [0.15, 0.2) is 0 Å². The number of hydrogen-bond acceptors (Lipinski definition) is 3. The van der Waals surface area contributed by atoms with Gasteiger partial charge in [0.25, 0.3) is 0 Å². The number of fused-ring (bicyclic) bond motifs is 2. The van der Waals surface area contributed by atoms with Gasteiger partial charge in [0, 0.05) is 42.2 Å². The van der Waals surface area contributed by atoms with Crippen LogP contribution in [0.4, 0.5) is 4.79 Å². The third-order valence-corrected chi connectivity index (χ3v) is 7.19. The van der Waals surface area contributed by atoms with E-state index >= 15 is 0 Å². The smallest absolute Gasteiger partial charge is 0.315 e. The van der Waals surface area contributed by atoms with Crippen molar-refractivity contribution in [2.45, 2.75) is 56.5 Å². The van der Waals surface area contributed by atoms with Gasteiger partial charge in [-0.25, -0.2) is 4.79 Å². The van der Waals surface area contributed by atoms with Crippen molar-refractivity contribution >= 4 is 34.6 Å². The van der Waals surface area contributed by atoms with Crippen molar-refractivity contribution in [3.63, 3.8) is 0 Å². The highest BCUT2D eigenvalue weighted by Crippen LogP contribution is 2.33. The SMILES string of the molecule is Cc1ccc2c(ccn2CCNC(=O)CCCCC2SCC3NC(=O)NC32)c1. The van der Waals surface area contributed by atoms with Crippen LogP contribution in [0.25, 0.3) is 10.9 Å². The molecule has 3 N–H and O–H groups in total. The zero-order chi connectivity index (χ0) is 19.5. The molecule has 2 aromatic rings. The molecule has 28 heavy (non-hydrogen) atoms. The van der Waals surface area contributed by atoms with Crippen LogP contribution in [0, 0.1) is 6.92 Å². The largest absolute Gasteiger partial charge is 0.354 e. The van der Waals surface area contributed by atoms with Crippen LogP contribution in [0.15, 0.2) is 30.5 Å². The number of benzene rings is 1. The molecule has 0 radical (unpaired) electrons. The summed E-state index contributed by atoms with van der Waals surface area (Å²) in [6.07, 6.45) is 5.62. The fraction of sp³-hybridized carbons (Fsp3) is 0.524. The number of amides is 3. The predicted octanol–water partition coefficient (Wildman–Crippen LogP) is 2.79. The second-order valence-electron chi connectivity index (χ2n) is 7.79. The van der Waals surface area contributed by atoms with Crippen LogP contribution in [-0.2, 0) is 11.3 Å². The molecule has 4 rings (SSSR count). The van der Waals surface area contributed by atoms with Crippen molar-refractivity contribution in [2.75, 3.05) is 12.3 Å². The molecule has 2 aliphatic heterocycles. The molecule has 3 amide bonds. The van der Waals surface area contributed by atoms with Crippen molar-refractivity contribution in [1.82, 2.24) is 20.5 Å². The minimum Gasteiger partial charge on any atom is -0.354 e. The topological polar surface area (TPSA) is 75.2 Å². The van der Waals surface area contributed by atoms with Crippen LogP contribution in [-0.4, -0.2) is 46.1 Å². The standard InChI is InChI=1S/C21H28N4O2S/c1-14-6-7-17-15(12-14)8-10-25(17)11-9-22-19(26)5-3-2-4-18-20-16(13-28-18)23-21(27)24-20/h6-8,10,12,16,18,20H,2-5,9,11,13H2,1H3,(H,22,26)(H2,23,24,27). The lowest BCUT2D eigenvalue weighted by molar-refractivity contribution is -0.121. The molecule has 1 aromatic carbocycles. The average Bonchev–Trinajstić information content (AvgIpc) is 3.33. The van der Waals surface area contributed by atoms with Crippen molar-refractivity contribution in [3.05, 3.63) is 36.0 Å². The Morgan fingerprint density at radius 1 is 1.29 bits per heavy atom. The molecule has 2 aliphatic rings. The average molecular weight is 401 g/mol. The van der Waals surface area contributed by atoms with Gasteiger partial charge in [-0.3, -0.25) is 4.79 Å². The molecule has 2 saturated heterocycles. The summed E-state index contributed by atoms with van der Waals surface area (Å²) in [7, 11) is 0. The fourth-order valence-electron chi connectivity index (χ4n) is 4.19. The lowest BCUT2D eigenvalue weighted by Crippen LogP contribution is -2.36. The summed E-state index contributed by atoms with van der Waals surface area (Å²) in [5, 5.41) is 10.7. The molecule has 0 saturated carbocycles. The zero-order valence-electron chi connectivity index (χ0n) is 16.2. The van der Waals surface area contributed by atoms with Gasteiger partial charge < -0.3 is 20.5 Å². The van der Waals surface area contributed by atoms with Gasteiger partial charge in [0.05, 0.1) is 12.1 Å². The van der Waals surface area contributed by atoms with E-state index in [0.29, 0.717) is 18.2 Å². The maximum Gasteiger partial charge on any atom is 0.315 e. The molecular formula is C21H28N4O2S. The first-order valence-electron chi connectivity index (χ1n) is 10.1. The van der Waals surface area contributed by atoms with Crippen LogP contribution in [0.1, 0.15) is 31.2 Å². The van der Waals surface area contributed by atoms with Gasteiger partial charge in [-0.15, -0.1) is 0 Å². The number of carbonyl (C=O) groups is 2. The number of thioether (sulfide) groups is 1. The van der Waals surface area contributed by atoms with Crippen molar-refractivity contribution in [1.29, 1.82) is 0 Å². The predicted molar refractivity (Wildman–Crippen MR) is 114 cm³/mol. The second kappa shape index (κ2) is 8.47. The molecule has 7 heteroatoms. The first kappa shape index (κ1) is 19.2. The molecule has 3 atom stereocenters. The third-order valence-electron chi connectivity index (χ3n) is 5.68. The first-order chi connectivity index (χ1) is 13.6. The van der Waals surface area contributed by atoms with E-state index < -0.39 is 0 Å². The van der Waals surface area contributed by atoms with Crippen LogP contribution in [0.3, 0.4) is 0 Å². The molecule has 0 bridgehead atoms. The minimum atomic E-state index is -0.0368. The van der Waals surface area contributed by atoms with Gasteiger partial charge in [-0.05, 0) is 43.4 Å². The van der Waals surface area contributed by atoms with E-state index in [4.69, 9.17) is 0 Å². The molecular weight excluding hydrogens is 372 g/mol. The number of aromatic nitrogens is 1. The van der Waals surface area contributed by atoms with E-state index in [1.807, 2.05) is 11.8 Å². The van der Waals surface area contributed by atoms with E-state index in [1.165, 1.54) is 16.5 Å². The van der Waals surface area contributed by atoms with Crippen LogP contribution in [0.5, 0.6) is 0 Å². The van der Waals surface area contributed by atoms with E-state index in [-0.39, 0.29) is 24.0 Å². The Kier molecular flexibility index (Phi) is 5.80. The second-order valence-corrected chi connectivity index (χ2v) is 9.06. The molecule has 150 valence electrons. The number of nitrogens with one attached hydrogen (secondary N) is 3. The normalized spacial score (nSPS) is 23.5. The van der Waals surface area contributed by atoms with E-state index in [2.05, 4.69) is 57.9 Å². The maximum absolute atomic E-state index is 12.1. The van der Waals surface area contributed by atoms with Gasteiger partial charge in [-0.2, -0.15) is 11.8 Å². The van der Waals surface area contributed by atoms with E-state index in [0.717, 1.165) is 31.6 Å². The monoisotopic (exact) mass is 400 g/mol. The van der Waals surface area contributed by atoms with E-state index in [9.17, 15) is 9.59 Å². The summed E-state index contributed by atoms with van der Waals surface area (Å²) in [4.78, 5) is 23.5.